The van der Waals surface area contributed by atoms with Crippen LogP contribution >= 0.6 is 0 Å². The Labute approximate surface area is 79.9 Å². The molecule has 0 bridgehead atoms. The normalized spacial score (nSPS) is 2.18. The topological polar surface area (TPSA) is 252 Å². The molecule has 0 amide bonds. The van der Waals surface area contributed by atoms with Crippen molar-refractivity contribution in [1.82, 2.24) is 0 Å². The first-order valence-electron chi connectivity index (χ1n) is 0.565. The molecule has 0 aliphatic rings. The van der Waals surface area contributed by atoms with Gasteiger partial charge in [0.15, 0.2) is 0 Å². The average molecular weight is 383 g/mol. The van der Waals surface area contributed by atoms with Crippen LogP contribution in [0.25, 0.3) is 0 Å². The van der Waals surface area contributed by atoms with Gasteiger partial charge in [0.05, 0.1) is 0 Å². The Kier molecular flexibility index (Phi) is 1130. The van der Waals surface area contributed by atoms with Crippen LogP contribution < -0.4 is 0 Å². The molecule has 0 aromatic heterocycles. The monoisotopic (exact) mass is 383 g/mol. The molecule has 0 fully saturated rings. The second kappa shape index (κ2) is 95.2. The minimum atomic E-state index is -1.50. The summed E-state index contributed by atoms with van der Waals surface area (Å²) in [5.74, 6) is 0. The van der Waals surface area contributed by atoms with E-state index in [-0.39, 0.29) is 59.1 Å². The van der Waals surface area contributed by atoms with Crippen LogP contribution in [0.3, 0.4) is 0 Å². The van der Waals surface area contributed by atoms with Crippen molar-refractivity contribution < 1.29 is 43.2 Å². The van der Waals surface area contributed by atoms with Gasteiger partial charge in [-0.3, -0.25) is 0 Å². The third-order valence-electron chi connectivity index (χ3n) is 0. The van der Waals surface area contributed by atoms with Crippen molar-refractivity contribution in [3.63, 3.8) is 0 Å². The van der Waals surface area contributed by atoms with Crippen molar-refractivity contribution in [3.8, 4) is 0 Å². The van der Waals surface area contributed by atoms with Gasteiger partial charge in [-0.25, -0.2) is 0 Å². The van der Waals surface area contributed by atoms with Crippen molar-refractivity contribution in [1.29, 1.82) is 0 Å². The summed E-state index contributed by atoms with van der Waals surface area (Å²) < 4.78 is 0. The first kappa shape index (κ1) is 130. The molecule has 11 heteroatoms. The second-order valence-corrected chi connectivity index (χ2v) is 0.238. The number of hydrogen-bond acceptors (Lipinski definition) is 2. The Bertz CT molecular complexity index is 32.5. The Balaban J connectivity index is -0.00000000214. The molecule has 10 nitrogen and oxygen atoms in total. The van der Waals surface area contributed by atoms with Gasteiger partial charge in [0.1, 0.15) is 0 Å². The third kappa shape index (κ3) is 24600. The zero-order chi connectivity index (χ0) is 3.58. The maximum absolute atomic E-state index is 8.36. The Hall–Kier alpha value is -0.157. The molecule has 0 aliphatic heterocycles. The molecule has 0 unspecified atom stereocenters. The van der Waals surface area contributed by atoms with Crippen molar-refractivity contribution in [2.75, 3.05) is 0 Å². The molecular weight excluding hydrogens is 367 g/mol. The van der Waals surface area contributed by atoms with Crippen LogP contribution in [0.1, 0.15) is 0 Å². The molecule has 0 atom stereocenters. The molecule has 80 valence electrons. The summed E-state index contributed by atoms with van der Waals surface area (Å²) in [7, 11) is 0. The minimum absolute atomic E-state index is 0. The predicted octanol–water partition coefficient (Wildman–Crippen LogP) is -6.48. The first-order valence-corrected chi connectivity index (χ1v) is 0.565. The van der Waals surface area contributed by atoms with E-state index in [1.165, 1.54) is 0 Å². The fourth-order valence-corrected chi connectivity index (χ4v) is 0. The van der Waals surface area contributed by atoms with Crippen LogP contribution in [-0.2, 0) is 0 Å². The summed E-state index contributed by atoms with van der Waals surface area (Å²) >= 11 is 0. The van der Waals surface area contributed by atoms with E-state index in [4.69, 9.17) is 15.3 Å². The van der Waals surface area contributed by atoms with Gasteiger partial charge in [-0.2, -0.15) is 0 Å². The number of rotatable bonds is 0. The number of nitrogens with zero attached hydrogens (tertiary/aromatic N) is 1. The van der Waals surface area contributed by atoms with Crippen molar-refractivity contribution >= 4 is 26.2 Å². The van der Waals surface area contributed by atoms with Gasteiger partial charge in [0.25, 0.3) is 5.09 Å². The van der Waals surface area contributed by atoms with E-state index in [1.54, 1.807) is 0 Å². The average Bonchev–Trinajstić information content (AvgIpc) is 0.811. The Morgan fingerprint density at radius 1 is 0.909 bits per heavy atom. The fourth-order valence-electron chi connectivity index (χ4n) is 0. The summed E-state index contributed by atoms with van der Waals surface area (Å²) in [5, 5.41) is 13.6. The van der Waals surface area contributed by atoms with Crippen LogP contribution in [0.4, 0.5) is 0 Å². The van der Waals surface area contributed by atoms with Gasteiger partial charge < -0.3 is 38.1 Å². The first-order chi connectivity index (χ1) is 1.73. The van der Waals surface area contributed by atoms with E-state index in [1.807, 2.05) is 0 Å². The Morgan fingerprint density at radius 3 is 0.909 bits per heavy atom. The van der Waals surface area contributed by atoms with Gasteiger partial charge in [0.2, 0.25) is 0 Å². The quantitative estimate of drug-likeness (QED) is 0.243. The summed E-state index contributed by atoms with van der Waals surface area (Å²) in [6.07, 6.45) is 0. The van der Waals surface area contributed by atoms with E-state index in [2.05, 4.69) is 0 Å². The van der Waals surface area contributed by atoms with Crippen molar-refractivity contribution in [2.45, 2.75) is 0 Å². The molecule has 11 heavy (non-hydrogen) atoms. The van der Waals surface area contributed by atoms with Crippen LogP contribution in [0, 0.1) is 10.1 Å². The molecular formula is H16BiNO9. The molecule has 0 aromatic carbocycles. The van der Waals surface area contributed by atoms with Gasteiger partial charge >= 0.3 is 26.2 Å². The fraction of sp³-hybridized carbons (Fsp3) is 0. The number of hydrogen-bond donors (Lipinski definition) is 1. The van der Waals surface area contributed by atoms with E-state index in [9.17, 15) is 0 Å². The summed E-state index contributed by atoms with van der Waals surface area (Å²) in [4.78, 5) is 8.36. The maximum atomic E-state index is 8.36. The molecule has 0 heterocycles. The summed E-state index contributed by atoms with van der Waals surface area (Å²) in [6.45, 7) is 0. The third-order valence-corrected chi connectivity index (χ3v) is 0. The molecule has 0 aromatic rings. The van der Waals surface area contributed by atoms with Crippen LogP contribution in [0.15, 0.2) is 0 Å². The van der Waals surface area contributed by atoms with E-state index in [0.717, 1.165) is 0 Å². The Morgan fingerprint density at radius 2 is 0.909 bits per heavy atom. The standard InChI is InChI=1S/Bi.HNO3.6H2O.3H/c;2-1(3)4;;;;;;;;;/h;(H,2,3,4);6*1H2;;;. The van der Waals surface area contributed by atoms with Gasteiger partial charge in [-0.1, -0.05) is 0 Å². The zero-order valence-corrected chi connectivity index (χ0v) is 10.9. The van der Waals surface area contributed by atoms with E-state index in [0.29, 0.717) is 0 Å². The van der Waals surface area contributed by atoms with Crippen LogP contribution in [0.5, 0.6) is 0 Å². The molecule has 0 rings (SSSR count). The molecule has 0 aliphatic carbocycles. The molecule has 0 saturated heterocycles. The van der Waals surface area contributed by atoms with E-state index < -0.39 is 5.09 Å². The molecule has 0 spiro atoms. The van der Waals surface area contributed by atoms with Crippen LogP contribution in [-0.4, -0.2) is 69.4 Å². The van der Waals surface area contributed by atoms with Gasteiger partial charge in [-0.15, -0.1) is 10.1 Å². The molecule has 0 saturated carbocycles. The predicted molar refractivity (Wildman–Crippen MR) is 40.4 cm³/mol. The summed E-state index contributed by atoms with van der Waals surface area (Å²) in [6, 6.07) is 0. The van der Waals surface area contributed by atoms with Gasteiger partial charge in [-0.05, 0) is 0 Å². The van der Waals surface area contributed by atoms with Crippen molar-refractivity contribution in [2.24, 2.45) is 0 Å². The van der Waals surface area contributed by atoms with E-state index >= 15 is 0 Å². The van der Waals surface area contributed by atoms with Crippen molar-refractivity contribution in [3.05, 3.63) is 10.1 Å². The zero-order valence-electron chi connectivity index (χ0n) is 5.42. The van der Waals surface area contributed by atoms with Crippen LogP contribution in [0.2, 0.25) is 0 Å². The summed E-state index contributed by atoms with van der Waals surface area (Å²) in [5.41, 5.74) is 0. The molecule has 13 N–H and O–H groups in total. The SMILES string of the molecule is O.O.O.O.O.O.O=[N+]([O-])O.[BiH3]. The molecule has 0 radical (unpaired) electrons. The van der Waals surface area contributed by atoms with Gasteiger partial charge in [0, 0.05) is 0 Å². The second-order valence-electron chi connectivity index (χ2n) is 0.238.